The summed E-state index contributed by atoms with van der Waals surface area (Å²) in [6.07, 6.45) is 1.71. The Morgan fingerprint density at radius 2 is 1.63 bits per heavy atom. The number of aliphatic imine (C=N–C) groups is 1. The first kappa shape index (κ1) is 28.9. The van der Waals surface area contributed by atoms with Crippen molar-refractivity contribution >= 4 is 77.9 Å². The molecule has 11 heteroatoms. The van der Waals surface area contributed by atoms with Crippen LogP contribution in [-0.4, -0.2) is 26.1 Å². The molecule has 41 heavy (non-hydrogen) atoms. The SMILES string of the molecule is CCOc1cc(/C=C2/SC(=Nc3ccccc3)N(c3ccccc3)C2=O)cc(Br)c1OS(=O)(=O)c1ccc(Cl)cc1. The smallest absolute Gasteiger partial charge is 0.339 e. The van der Waals surface area contributed by atoms with Crippen molar-refractivity contribution in [3.05, 3.63) is 117 Å². The Hall–Kier alpha value is -3.57. The van der Waals surface area contributed by atoms with Crippen LogP contribution >= 0.6 is 39.3 Å². The molecular weight excluding hydrogens is 648 g/mol. The summed E-state index contributed by atoms with van der Waals surface area (Å²) in [6.45, 7) is 2.03. The van der Waals surface area contributed by atoms with E-state index in [2.05, 4.69) is 15.9 Å². The predicted molar refractivity (Wildman–Crippen MR) is 168 cm³/mol. The molecule has 1 fully saturated rings. The van der Waals surface area contributed by atoms with E-state index in [0.29, 0.717) is 30.8 Å². The van der Waals surface area contributed by atoms with Crippen LogP contribution in [0.5, 0.6) is 11.5 Å². The van der Waals surface area contributed by atoms with Crippen LogP contribution in [0, 0.1) is 0 Å². The molecule has 0 unspecified atom stereocenters. The molecule has 0 aromatic heterocycles. The Balaban J connectivity index is 1.52. The molecule has 5 rings (SSSR count). The van der Waals surface area contributed by atoms with E-state index in [1.165, 1.54) is 36.0 Å². The van der Waals surface area contributed by atoms with E-state index in [1.807, 2.05) is 60.7 Å². The number of carbonyl (C=O) groups is 1. The molecule has 1 heterocycles. The van der Waals surface area contributed by atoms with Crippen molar-refractivity contribution in [3.8, 4) is 11.5 Å². The summed E-state index contributed by atoms with van der Waals surface area (Å²) in [4.78, 5) is 20.3. The Bertz CT molecular complexity index is 1750. The zero-order chi connectivity index (χ0) is 29.0. The van der Waals surface area contributed by atoms with Crippen molar-refractivity contribution in [2.75, 3.05) is 11.5 Å². The molecule has 1 saturated heterocycles. The van der Waals surface area contributed by atoms with Gasteiger partial charge in [0.25, 0.3) is 5.91 Å². The Kier molecular flexibility index (Phi) is 8.84. The minimum Gasteiger partial charge on any atom is -0.490 e. The van der Waals surface area contributed by atoms with Gasteiger partial charge in [0, 0.05) is 5.02 Å². The molecule has 1 aliphatic rings. The molecule has 0 N–H and O–H groups in total. The zero-order valence-corrected chi connectivity index (χ0v) is 25.5. The van der Waals surface area contributed by atoms with E-state index >= 15 is 0 Å². The van der Waals surface area contributed by atoms with Crippen molar-refractivity contribution in [3.63, 3.8) is 0 Å². The fourth-order valence-corrected chi connectivity index (χ4v) is 6.62. The average Bonchev–Trinajstić information content (AvgIpc) is 3.25. The summed E-state index contributed by atoms with van der Waals surface area (Å²) in [5, 5.41) is 0.913. The van der Waals surface area contributed by atoms with E-state index in [1.54, 1.807) is 30.0 Å². The van der Waals surface area contributed by atoms with Gasteiger partial charge in [-0.25, -0.2) is 4.99 Å². The zero-order valence-electron chi connectivity index (χ0n) is 21.5. The first-order valence-corrected chi connectivity index (χ1v) is 15.7. The number of benzene rings is 4. The maximum absolute atomic E-state index is 13.6. The van der Waals surface area contributed by atoms with Crippen molar-refractivity contribution in [2.24, 2.45) is 4.99 Å². The summed E-state index contributed by atoms with van der Waals surface area (Å²) in [5.74, 6) is -0.0537. The summed E-state index contributed by atoms with van der Waals surface area (Å²) in [6, 6.07) is 27.6. The summed E-state index contributed by atoms with van der Waals surface area (Å²) >= 11 is 10.6. The van der Waals surface area contributed by atoms with Gasteiger partial charge in [-0.05, 0) is 107 Å². The molecule has 4 aromatic carbocycles. The third kappa shape index (κ3) is 6.68. The van der Waals surface area contributed by atoms with Gasteiger partial charge >= 0.3 is 10.1 Å². The fraction of sp³-hybridized carbons (Fsp3) is 0.0667. The first-order chi connectivity index (χ1) is 19.7. The molecule has 0 aliphatic carbocycles. The van der Waals surface area contributed by atoms with Gasteiger partial charge in [-0.15, -0.1) is 0 Å². The van der Waals surface area contributed by atoms with Gasteiger partial charge < -0.3 is 8.92 Å². The average molecular weight is 670 g/mol. The lowest BCUT2D eigenvalue weighted by Gasteiger charge is -2.15. The van der Waals surface area contributed by atoms with Gasteiger partial charge in [-0.2, -0.15) is 8.42 Å². The number of anilines is 1. The highest BCUT2D eigenvalue weighted by Crippen LogP contribution is 2.42. The van der Waals surface area contributed by atoms with Crippen molar-refractivity contribution in [2.45, 2.75) is 11.8 Å². The van der Waals surface area contributed by atoms with Crippen molar-refractivity contribution in [1.82, 2.24) is 0 Å². The second-order valence-electron chi connectivity index (χ2n) is 8.57. The quantitative estimate of drug-likeness (QED) is 0.139. The first-order valence-electron chi connectivity index (χ1n) is 12.3. The van der Waals surface area contributed by atoms with E-state index in [9.17, 15) is 13.2 Å². The highest BCUT2D eigenvalue weighted by atomic mass is 79.9. The molecule has 1 amide bonds. The molecule has 208 valence electrons. The third-order valence-electron chi connectivity index (χ3n) is 5.73. The molecular formula is C30H22BrClN2O5S2. The van der Waals surface area contributed by atoms with Gasteiger partial charge in [0.2, 0.25) is 0 Å². The van der Waals surface area contributed by atoms with Gasteiger partial charge in [-0.1, -0.05) is 48.0 Å². The lowest BCUT2D eigenvalue weighted by atomic mass is 10.2. The van der Waals surface area contributed by atoms with Crippen molar-refractivity contribution < 1.29 is 22.1 Å². The lowest BCUT2D eigenvalue weighted by Crippen LogP contribution is -2.28. The van der Waals surface area contributed by atoms with Gasteiger partial charge in [-0.3, -0.25) is 9.69 Å². The van der Waals surface area contributed by atoms with E-state index in [0.717, 1.165) is 5.69 Å². The molecule has 0 radical (unpaired) electrons. The van der Waals surface area contributed by atoms with Gasteiger partial charge in [0.1, 0.15) is 4.90 Å². The van der Waals surface area contributed by atoms with Crippen LogP contribution in [0.2, 0.25) is 5.02 Å². The van der Waals surface area contributed by atoms with E-state index in [-0.39, 0.29) is 28.9 Å². The second kappa shape index (κ2) is 12.5. The standard InChI is InChI=1S/C30H22BrClN2O5S2/c1-2-38-26-18-20(17-25(31)28(26)39-41(36,37)24-15-13-21(32)14-16-24)19-27-29(35)34(23-11-7-4-8-12-23)30(40-27)33-22-9-5-3-6-10-22/h3-19H,2H2,1H3/b27-19+,33-30?. The number of nitrogens with zero attached hydrogens (tertiary/aromatic N) is 2. The number of hydrogen-bond acceptors (Lipinski definition) is 7. The normalized spacial score (nSPS) is 15.5. The molecule has 0 atom stereocenters. The molecule has 4 aromatic rings. The second-order valence-corrected chi connectivity index (χ2v) is 12.4. The topological polar surface area (TPSA) is 85.3 Å². The third-order valence-corrected chi connectivity index (χ3v) is 8.77. The number of rotatable bonds is 8. The lowest BCUT2D eigenvalue weighted by molar-refractivity contribution is -0.113. The molecule has 0 spiro atoms. The van der Waals surface area contributed by atoms with Crippen LogP contribution in [-0.2, 0) is 14.9 Å². The number of amidine groups is 1. The van der Waals surface area contributed by atoms with Crippen LogP contribution in [0.15, 0.2) is 116 Å². The van der Waals surface area contributed by atoms with E-state index in [4.69, 9.17) is 25.5 Å². The maximum atomic E-state index is 13.6. The number of halogens is 2. The number of ether oxygens (including phenoxy) is 1. The number of carbonyl (C=O) groups excluding carboxylic acids is 1. The summed E-state index contributed by atoms with van der Waals surface area (Å²) in [5.41, 5.74) is 2.01. The summed E-state index contributed by atoms with van der Waals surface area (Å²) in [7, 11) is -4.18. The summed E-state index contributed by atoms with van der Waals surface area (Å²) < 4.78 is 37.5. The molecule has 1 aliphatic heterocycles. The van der Waals surface area contributed by atoms with Crippen LogP contribution in [0.1, 0.15) is 12.5 Å². The molecule has 0 bridgehead atoms. The Morgan fingerprint density at radius 1 is 0.976 bits per heavy atom. The van der Waals surface area contributed by atoms with Crippen LogP contribution in [0.25, 0.3) is 6.08 Å². The molecule has 7 nitrogen and oxygen atoms in total. The number of amides is 1. The monoisotopic (exact) mass is 668 g/mol. The Morgan fingerprint density at radius 3 is 2.29 bits per heavy atom. The van der Waals surface area contributed by atoms with E-state index < -0.39 is 10.1 Å². The fourth-order valence-electron chi connectivity index (χ4n) is 3.89. The highest BCUT2D eigenvalue weighted by Gasteiger charge is 2.35. The van der Waals surface area contributed by atoms with Crippen LogP contribution < -0.4 is 13.8 Å². The van der Waals surface area contributed by atoms with Gasteiger partial charge in [0.15, 0.2) is 16.7 Å². The Labute approximate surface area is 255 Å². The minimum atomic E-state index is -4.18. The van der Waals surface area contributed by atoms with Gasteiger partial charge in [0.05, 0.1) is 27.4 Å². The number of thioether (sulfide) groups is 1. The number of para-hydroxylation sites is 2. The van der Waals surface area contributed by atoms with Crippen molar-refractivity contribution in [1.29, 1.82) is 0 Å². The predicted octanol–water partition coefficient (Wildman–Crippen LogP) is 8.08. The van der Waals surface area contributed by atoms with Crippen LogP contribution in [0.4, 0.5) is 11.4 Å². The largest absolute Gasteiger partial charge is 0.490 e. The van der Waals surface area contributed by atoms with Crippen LogP contribution in [0.3, 0.4) is 0 Å². The maximum Gasteiger partial charge on any atom is 0.339 e. The number of hydrogen-bond donors (Lipinski definition) is 0. The minimum absolute atomic E-state index is 0.00778. The molecule has 0 saturated carbocycles. The highest BCUT2D eigenvalue weighted by molar-refractivity contribution is 9.10.